The van der Waals surface area contributed by atoms with Crippen molar-refractivity contribution in [3.05, 3.63) is 29.3 Å². The van der Waals surface area contributed by atoms with Gasteiger partial charge in [-0.05, 0) is 61.8 Å². The molecule has 136 valence electrons. The van der Waals surface area contributed by atoms with Gasteiger partial charge in [0, 0.05) is 25.2 Å². The highest BCUT2D eigenvalue weighted by atomic mass is 16.2. The van der Waals surface area contributed by atoms with Crippen molar-refractivity contribution in [1.29, 1.82) is 0 Å². The van der Waals surface area contributed by atoms with Crippen LogP contribution in [-0.2, 0) is 16.0 Å². The van der Waals surface area contributed by atoms with Gasteiger partial charge in [-0.15, -0.1) is 0 Å². The summed E-state index contributed by atoms with van der Waals surface area (Å²) in [7, 11) is 0. The minimum Gasteiger partial charge on any atom is -0.399 e. The number of nitrogens with zero attached hydrogens (tertiary/aromatic N) is 1. The molecule has 1 fully saturated rings. The first kappa shape index (κ1) is 17.8. The number of nitrogens with one attached hydrogen (secondary N) is 1. The molecule has 25 heavy (non-hydrogen) atoms. The van der Waals surface area contributed by atoms with Gasteiger partial charge in [-0.2, -0.15) is 0 Å². The molecule has 5 heteroatoms. The van der Waals surface area contributed by atoms with Gasteiger partial charge >= 0.3 is 0 Å². The normalized spacial score (nSPS) is 23.0. The van der Waals surface area contributed by atoms with Crippen LogP contribution in [-0.4, -0.2) is 29.8 Å². The van der Waals surface area contributed by atoms with E-state index in [0.717, 1.165) is 50.8 Å². The third-order valence-corrected chi connectivity index (χ3v) is 5.41. The Labute approximate surface area is 150 Å². The quantitative estimate of drug-likeness (QED) is 0.826. The van der Waals surface area contributed by atoms with Crippen molar-refractivity contribution in [1.82, 2.24) is 10.2 Å². The number of carbonyl (C=O) groups is 2. The summed E-state index contributed by atoms with van der Waals surface area (Å²) in [5.41, 5.74) is 9.12. The topological polar surface area (TPSA) is 75.4 Å². The molecule has 2 unspecified atom stereocenters. The van der Waals surface area contributed by atoms with Crippen LogP contribution in [0.3, 0.4) is 0 Å². The summed E-state index contributed by atoms with van der Waals surface area (Å²) < 4.78 is 0. The lowest BCUT2D eigenvalue weighted by Gasteiger charge is -2.34. The molecule has 1 aliphatic heterocycles. The highest BCUT2D eigenvalue weighted by molar-refractivity contribution is 5.81. The zero-order valence-electron chi connectivity index (χ0n) is 15.1. The number of anilines is 1. The average Bonchev–Trinajstić information content (AvgIpc) is 2.62. The zero-order chi connectivity index (χ0) is 17.8. The second kappa shape index (κ2) is 7.89. The van der Waals surface area contributed by atoms with E-state index in [9.17, 15) is 9.59 Å². The number of nitrogen functional groups attached to an aromatic ring is 1. The van der Waals surface area contributed by atoms with Gasteiger partial charge in [-0.25, -0.2) is 0 Å². The maximum atomic E-state index is 12.8. The number of rotatable bonds is 4. The largest absolute Gasteiger partial charge is 0.399 e. The van der Waals surface area contributed by atoms with Crippen LogP contribution in [0.5, 0.6) is 0 Å². The van der Waals surface area contributed by atoms with Crippen molar-refractivity contribution in [3.63, 3.8) is 0 Å². The maximum Gasteiger partial charge on any atom is 0.225 e. The Bertz CT molecular complexity index is 644. The number of nitrogens with two attached hydrogens (primary N) is 1. The van der Waals surface area contributed by atoms with Crippen molar-refractivity contribution in [2.45, 2.75) is 57.9 Å². The van der Waals surface area contributed by atoms with Crippen LogP contribution in [0.15, 0.2) is 18.2 Å². The summed E-state index contributed by atoms with van der Waals surface area (Å²) in [6.07, 6.45) is 6.25. The zero-order valence-corrected chi connectivity index (χ0v) is 15.1. The number of hydrogen-bond acceptors (Lipinski definition) is 3. The summed E-state index contributed by atoms with van der Waals surface area (Å²) >= 11 is 0. The maximum absolute atomic E-state index is 12.8. The van der Waals surface area contributed by atoms with Crippen molar-refractivity contribution >= 4 is 17.5 Å². The molecular weight excluding hydrogens is 314 g/mol. The highest BCUT2D eigenvalue weighted by Crippen LogP contribution is 2.31. The minimum atomic E-state index is -0.0892. The molecule has 2 atom stereocenters. The molecule has 3 N–H and O–H groups in total. The lowest BCUT2D eigenvalue weighted by molar-refractivity contribution is -0.136. The number of piperidine rings is 1. The van der Waals surface area contributed by atoms with Crippen LogP contribution in [0.2, 0.25) is 0 Å². The minimum absolute atomic E-state index is 0.0681. The number of amides is 2. The van der Waals surface area contributed by atoms with Crippen molar-refractivity contribution in [3.8, 4) is 0 Å². The fourth-order valence-corrected chi connectivity index (χ4v) is 4.06. The Morgan fingerprint density at radius 3 is 2.92 bits per heavy atom. The molecule has 2 amide bonds. The van der Waals surface area contributed by atoms with E-state index in [-0.39, 0.29) is 23.8 Å². The molecule has 1 aromatic rings. The summed E-state index contributed by atoms with van der Waals surface area (Å²) in [5.74, 6) is 0.177. The summed E-state index contributed by atoms with van der Waals surface area (Å²) in [4.78, 5) is 26.8. The van der Waals surface area contributed by atoms with E-state index >= 15 is 0 Å². The number of fused-ring (bicyclic) bond motifs is 1. The summed E-state index contributed by atoms with van der Waals surface area (Å²) in [6.45, 7) is 3.36. The molecule has 1 aromatic carbocycles. The molecule has 1 heterocycles. The van der Waals surface area contributed by atoms with Crippen LogP contribution in [0.4, 0.5) is 5.69 Å². The van der Waals surface area contributed by atoms with Gasteiger partial charge in [-0.1, -0.05) is 13.0 Å². The Kier molecular flexibility index (Phi) is 5.61. The second-order valence-electron chi connectivity index (χ2n) is 7.34. The molecule has 5 nitrogen and oxygen atoms in total. The molecule has 0 radical (unpaired) electrons. The standard InChI is InChI=1S/C20H29N3O2/c1-2-5-19(24)23-11-4-7-15(13-23)20(25)22-18-8-3-6-14-12-16(21)9-10-17(14)18/h9-10,12,15,18H,2-8,11,13,21H2,1H3,(H,22,25). The first-order valence-corrected chi connectivity index (χ1v) is 9.55. The predicted molar refractivity (Wildman–Crippen MR) is 98.9 cm³/mol. The van der Waals surface area contributed by atoms with E-state index < -0.39 is 0 Å². The number of aryl methyl sites for hydroxylation is 1. The Morgan fingerprint density at radius 2 is 2.12 bits per heavy atom. The fourth-order valence-electron chi connectivity index (χ4n) is 4.06. The second-order valence-corrected chi connectivity index (χ2v) is 7.34. The molecule has 3 rings (SSSR count). The lowest BCUT2D eigenvalue weighted by atomic mass is 9.86. The molecule has 0 bridgehead atoms. The number of carbonyl (C=O) groups excluding carboxylic acids is 2. The van der Waals surface area contributed by atoms with E-state index in [4.69, 9.17) is 5.73 Å². The highest BCUT2D eigenvalue weighted by Gasteiger charge is 2.30. The van der Waals surface area contributed by atoms with Gasteiger partial charge < -0.3 is 16.0 Å². The molecule has 1 aliphatic carbocycles. The van der Waals surface area contributed by atoms with Crippen molar-refractivity contribution < 1.29 is 9.59 Å². The first-order valence-electron chi connectivity index (χ1n) is 9.55. The van der Waals surface area contributed by atoms with E-state index in [0.29, 0.717) is 13.0 Å². The van der Waals surface area contributed by atoms with Crippen molar-refractivity contribution in [2.75, 3.05) is 18.8 Å². The van der Waals surface area contributed by atoms with Gasteiger partial charge in [0.1, 0.15) is 0 Å². The van der Waals surface area contributed by atoms with Crippen LogP contribution in [0.1, 0.15) is 62.6 Å². The SMILES string of the molecule is CCCC(=O)N1CCCC(C(=O)NC2CCCc3cc(N)ccc32)C1. The van der Waals surface area contributed by atoms with E-state index in [1.165, 1.54) is 11.1 Å². The average molecular weight is 343 g/mol. The van der Waals surface area contributed by atoms with Gasteiger partial charge in [0.25, 0.3) is 0 Å². The predicted octanol–water partition coefficient (Wildman–Crippen LogP) is 2.80. The van der Waals surface area contributed by atoms with Crippen LogP contribution in [0.25, 0.3) is 0 Å². The lowest BCUT2D eigenvalue weighted by Crippen LogP contribution is -2.46. The van der Waals surface area contributed by atoms with Gasteiger partial charge in [0.05, 0.1) is 12.0 Å². The molecule has 0 spiro atoms. The summed E-state index contributed by atoms with van der Waals surface area (Å²) in [5, 5.41) is 3.24. The number of benzene rings is 1. The smallest absolute Gasteiger partial charge is 0.225 e. The van der Waals surface area contributed by atoms with Gasteiger partial charge in [-0.3, -0.25) is 9.59 Å². The molecule has 1 saturated heterocycles. The first-order chi connectivity index (χ1) is 12.1. The Hall–Kier alpha value is -2.04. The fraction of sp³-hybridized carbons (Fsp3) is 0.600. The van der Waals surface area contributed by atoms with E-state index in [1.54, 1.807) is 0 Å². The van der Waals surface area contributed by atoms with E-state index in [2.05, 4.69) is 5.32 Å². The molecule has 0 aromatic heterocycles. The van der Waals surface area contributed by atoms with E-state index in [1.807, 2.05) is 30.0 Å². The molecular formula is C20H29N3O2. The van der Waals surface area contributed by atoms with Crippen LogP contribution >= 0.6 is 0 Å². The van der Waals surface area contributed by atoms with Gasteiger partial charge in [0.15, 0.2) is 0 Å². The Morgan fingerprint density at radius 1 is 1.28 bits per heavy atom. The third kappa shape index (κ3) is 4.14. The number of hydrogen-bond donors (Lipinski definition) is 2. The monoisotopic (exact) mass is 343 g/mol. The Balaban J connectivity index is 1.64. The third-order valence-electron chi connectivity index (χ3n) is 5.41. The number of likely N-dealkylation sites (tertiary alicyclic amines) is 1. The van der Waals surface area contributed by atoms with Gasteiger partial charge in [0.2, 0.25) is 11.8 Å². The summed E-state index contributed by atoms with van der Waals surface area (Å²) in [6, 6.07) is 6.06. The van der Waals surface area contributed by atoms with Crippen LogP contribution < -0.4 is 11.1 Å². The molecule has 2 aliphatic rings. The van der Waals surface area contributed by atoms with Crippen LogP contribution in [0, 0.1) is 5.92 Å². The van der Waals surface area contributed by atoms with Crippen molar-refractivity contribution in [2.24, 2.45) is 5.92 Å². The molecule has 0 saturated carbocycles.